The van der Waals surface area contributed by atoms with Gasteiger partial charge in [-0.25, -0.2) is 5.06 Å². The molecule has 3 aromatic carbocycles. The van der Waals surface area contributed by atoms with E-state index in [4.69, 9.17) is 4.74 Å². The number of ether oxygens (including phenoxy) is 1. The molecule has 0 heterocycles. The van der Waals surface area contributed by atoms with Crippen LogP contribution in [-0.2, 0) is 24.2 Å². The summed E-state index contributed by atoms with van der Waals surface area (Å²) in [4.78, 5) is 12.1. The average Bonchev–Trinajstić information content (AvgIpc) is 2.76. The summed E-state index contributed by atoms with van der Waals surface area (Å²) in [5.74, 6) is 0.533. The summed E-state index contributed by atoms with van der Waals surface area (Å²) in [5.41, 5.74) is 3.26. The lowest BCUT2D eigenvalue weighted by atomic mass is 10.1. The van der Waals surface area contributed by atoms with Crippen molar-refractivity contribution in [2.24, 2.45) is 0 Å². The maximum absolute atomic E-state index is 12.1. The van der Waals surface area contributed by atoms with Crippen molar-refractivity contribution in [3.63, 3.8) is 0 Å². The Morgan fingerprint density at radius 2 is 1.32 bits per heavy atom. The van der Waals surface area contributed by atoms with E-state index in [1.165, 1.54) is 0 Å². The minimum absolute atomic E-state index is 0.264. The number of nitrogens with zero attached hydrogens (tertiary/aromatic N) is 1. The molecule has 0 aliphatic rings. The fraction of sp³-hybridized carbons (Fsp3) is 0.208. The number of hydrogen-bond donors (Lipinski definition) is 1. The maximum atomic E-state index is 12.1. The van der Waals surface area contributed by atoms with Crippen LogP contribution in [-0.4, -0.2) is 22.7 Å². The lowest BCUT2D eigenvalue weighted by Gasteiger charge is -2.15. The third-order valence-electron chi connectivity index (χ3n) is 4.54. The maximum Gasteiger partial charge on any atom is 0.246 e. The van der Waals surface area contributed by atoms with Gasteiger partial charge in [0.15, 0.2) is 0 Å². The van der Waals surface area contributed by atoms with Gasteiger partial charge in [0, 0.05) is 6.42 Å². The van der Waals surface area contributed by atoms with E-state index in [0.29, 0.717) is 26.0 Å². The van der Waals surface area contributed by atoms with Gasteiger partial charge in [-0.15, -0.1) is 0 Å². The molecule has 0 spiro atoms. The van der Waals surface area contributed by atoms with Crippen LogP contribution >= 0.6 is 0 Å². The zero-order valence-electron chi connectivity index (χ0n) is 15.8. The highest BCUT2D eigenvalue weighted by atomic mass is 16.5. The molecule has 1 amide bonds. The van der Waals surface area contributed by atoms with Gasteiger partial charge in [0.2, 0.25) is 5.91 Å². The molecular weight excluding hydrogens is 350 g/mol. The molecule has 4 heteroatoms. The van der Waals surface area contributed by atoms with Crippen LogP contribution < -0.4 is 4.74 Å². The second-order valence-corrected chi connectivity index (χ2v) is 6.67. The summed E-state index contributed by atoms with van der Waals surface area (Å²) in [6, 6.07) is 27.6. The summed E-state index contributed by atoms with van der Waals surface area (Å²) in [6.07, 6.45) is 1.49. The van der Waals surface area contributed by atoms with E-state index in [0.717, 1.165) is 27.5 Å². The first-order chi connectivity index (χ1) is 13.7. The summed E-state index contributed by atoms with van der Waals surface area (Å²) in [5, 5.41) is 10.8. The number of hydrogen-bond acceptors (Lipinski definition) is 3. The highest BCUT2D eigenvalue weighted by Crippen LogP contribution is 2.15. The van der Waals surface area contributed by atoms with E-state index >= 15 is 0 Å². The summed E-state index contributed by atoms with van der Waals surface area (Å²) in [6.45, 7) is 0.828. The van der Waals surface area contributed by atoms with Crippen molar-refractivity contribution in [1.82, 2.24) is 5.06 Å². The van der Waals surface area contributed by atoms with Crippen LogP contribution in [0.1, 0.15) is 23.1 Å². The molecule has 1 N–H and O–H groups in total. The molecule has 0 aromatic heterocycles. The van der Waals surface area contributed by atoms with E-state index in [9.17, 15) is 10.0 Å². The highest BCUT2D eigenvalue weighted by molar-refractivity contribution is 5.75. The number of rotatable bonds is 9. The molecule has 0 unspecified atom stereocenters. The topological polar surface area (TPSA) is 49.8 Å². The second-order valence-electron chi connectivity index (χ2n) is 6.67. The largest absolute Gasteiger partial charge is 0.489 e. The zero-order valence-corrected chi connectivity index (χ0v) is 15.8. The molecule has 4 nitrogen and oxygen atoms in total. The van der Waals surface area contributed by atoms with Crippen LogP contribution in [0.15, 0.2) is 84.9 Å². The van der Waals surface area contributed by atoms with Crippen LogP contribution in [0.4, 0.5) is 0 Å². The summed E-state index contributed by atoms with van der Waals surface area (Å²) < 4.78 is 5.77. The quantitative estimate of drug-likeness (QED) is 0.437. The Hall–Kier alpha value is -3.11. The molecule has 0 bridgehead atoms. The molecule has 0 saturated heterocycles. The highest BCUT2D eigenvalue weighted by Gasteiger charge is 2.11. The molecule has 3 aromatic rings. The van der Waals surface area contributed by atoms with E-state index < -0.39 is 0 Å². The van der Waals surface area contributed by atoms with Crippen LogP contribution in [0.5, 0.6) is 5.75 Å². The molecule has 0 aliphatic heterocycles. The van der Waals surface area contributed by atoms with E-state index in [1.54, 1.807) is 0 Å². The Morgan fingerprint density at radius 1 is 0.750 bits per heavy atom. The Kier molecular flexibility index (Phi) is 7.21. The average molecular weight is 375 g/mol. The minimum Gasteiger partial charge on any atom is -0.489 e. The number of benzene rings is 3. The molecule has 0 fully saturated rings. The van der Waals surface area contributed by atoms with Crippen LogP contribution in [0.3, 0.4) is 0 Å². The van der Waals surface area contributed by atoms with Gasteiger partial charge in [0.25, 0.3) is 0 Å². The van der Waals surface area contributed by atoms with Crippen LogP contribution in [0, 0.1) is 0 Å². The van der Waals surface area contributed by atoms with Crippen molar-refractivity contribution in [1.29, 1.82) is 0 Å². The van der Waals surface area contributed by atoms with Gasteiger partial charge in [-0.2, -0.15) is 0 Å². The van der Waals surface area contributed by atoms with Gasteiger partial charge < -0.3 is 4.74 Å². The fourth-order valence-electron chi connectivity index (χ4n) is 2.88. The van der Waals surface area contributed by atoms with Crippen LogP contribution in [0.25, 0.3) is 0 Å². The van der Waals surface area contributed by atoms with Crippen molar-refractivity contribution in [2.45, 2.75) is 25.9 Å². The molecule has 3 rings (SSSR count). The Balaban J connectivity index is 1.40. The molecule has 144 valence electrons. The predicted molar refractivity (Wildman–Crippen MR) is 109 cm³/mol. The van der Waals surface area contributed by atoms with Crippen LogP contribution in [0.2, 0.25) is 0 Å². The molecule has 0 saturated carbocycles. The first-order valence-corrected chi connectivity index (χ1v) is 9.49. The van der Waals surface area contributed by atoms with Gasteiger partial charge in [0.05, 0.1) is 6.54 Å². The first kappa shape index (κ1) is 19.6. The molecule has 28 heavy (non-hydrogen) atoms. The lowest BCUT2D eigenvalue weighted by molar-refractivity contribution is -0.165. The van der Waals surface area contributed by atoms with Crippen molar-refractivity contribution in [3.8, 4) is 5.75 Å². The Bertz CT molecular complexity index is 848. The van der Waals surface area contributed by atoms with Gasteiger partial charge in [-0.1, -0.05) is 72.8 Å². The monoisotopic (exact) mass is 375 g/mol. The zero-order chi connectivity index (χ0) is 19.6. The van der Waals surface area contributed by atoms with Crippen molar-refractivity contribution < 1.29 is 14.7 Å². The van der Waals surface area contributed by atoms with Crippen molar-refractivity contribution >= 4 is 5.91 Å². The van der Waals surface area contributed by atoms with Gasteiger partial charge >= 0.3 is 0 Å². The SMILES string of the molecule is O=C(CCc1ccc(OCc2ccccc2)cc1)N(O)CCc1ccccc1. The second kappa shape index (κ2) is 10.3. The number of carbonyl (C=O) groups excluding carboxylic acids is 1. The molecular formula is C24H25NO3. The lowest BCUT2D eigenvalue weighted by Crippen LogP contribution is -2.29. The van der Waals surface area contributed by atoms with Gasteiger partial charge in [-0.3, -0.25) is 10.0 Å². The number of aryl methyl sites for hydroxylation is 1. The van der Waals surface area contributed by atoms with Crippen molar-refractivity contribution in [3.05, 3.63) is 102 Å². The molecule has 0 radical (unpaired) electrons. The Labute approximate surface area is 166 Å². The summed E-state index contributed by atoms with van der Waals surface area (Å²) >= 11 is 0. The molecule has 0 aliphatic carbocycles. The first-order valence-electron chi connectivity index (χ1n) is 9.49. The van der Waals surface area contributed by atoms with E-state index in [-0.39, 0.29) is 12.3 Å². The van der Waals surface area contributed by atoms with E-state index in [2.05, 4.69) is 0 Å². The van der Waals surface area contributed by atoms with Gasteiger partial charge in [-0.05, 0) is 41.7 Å². The molecule has 0 atom stereocenters. The normalized spacial score (nSPS) is 10.5. The fourth-order valence-corrected chi connectivity index (χ4v) is 2.88. The predicted octanol–water partition coefficient (Wildman–Crippen LogP) is 4.66. The third-order valence-corrected chi connectivity index (χ3v) is 4.54. The third kappa shape index (κ3) is 6.25. The Morgan fingerprint density at radius 3 is 1.96 bits per heavy atom. The van der Waals surface area contributed by atoms with Crippen molar-refractivity contribution in [2.75, 3.05) is 6.54 Å². The van der Waals surface area contributed by atoms with Gasteiger partial charge in [0.1, 0.15) is 12.4 Å². The number of carbonyl (C=O) groups is 1. The minimum atomic E-state index is -0.264. The summed E-state index contributed by atoms with van der Waals surface area (Å²) in [7, 11) is 0. The number of amides is 1. The van der Waals surface area contributed by atoms with E-state index in [1.807, 2.05) is 84.9 Å². The smallest absolute Gasteiger partial charge is 0.246 e. The number of hydroxylamine groups is 2. The standard InChI is InChI=1S/C24H25NO3/c26-24(25(27)18-17-20-7-3-1-4-8-20)16-13-21-11-14-23(15-12-21)28-19-22-9-5-2-6-10-22/h1-12,14-15,27H,13,16-19H2.